The number of rotatable bonds is 33. The van der Waals surface area contributed by atoms with Crippen molar-refractivity contribution in [1.82, 2.24) is 0 Å². The second kappa shape index (κ2) is 22.7. The van der Waals surface area contributed by atoms with Crippen LogP contribution in [0.2, 0.25) is 0 Å². The molecule has 0 saturated heterocycles. The summed E-state index contributed by atoms with van der Waals surface area (Å²) in [5.74, 6) is -129. The fourth-order valence-corrected chi connectivity index (χ4v) is 7.04. The van der Waals surface area contributed by atoms with E-state index in [-0.39, 0.29) is 25.7 Å². The first-order chi connectivity index (χ1) is 31.6. The van der Waals surface area contributed by atoms with E-state index in [1.54, 1.807) is 13.8 Å². The molecule has 0 aliphatic rings. The van der Waals surface area contributed by atoms with Crippen molar-refractivity contribution in [3.8, 4) is 0 Å². The van der Waals surface area contributed by atoms with Gasteiger partial charge in [0.05, 0.1) is 0 Å². The first kappa shape index (κ1) is 69.6. The van der Waals surface area contributed by atoms with Crippen LogP contribution in [0.25, 0.3) is 0 Å². The maximum Gasteiger partial charge on any atom is 0.460 e. The van der Waals surface area contributed by atoms with E-state index in [4.69, 9.17) is 0 Å². The minimum atomic E-state index is -9.19. The Morgan fingerprint density at radius 3 is 0.569 bits per heavy atom. The molecule has 434 valence electrons. The van der Waals surface area contributed by atoms with Crippen molar-refractivity contribution in [3.05, 3.63) is 0 Å². The minimum absolute atomic E-state index is 0.105. The highest BCUT2D eigenvalue weighted by atomic mass is 19.4. The van der Waals surface area contributed by atoms with Crippen LogP contribution in [0.15, 0.2) is 0 Å². The summed E-state index contributed by atoms with van der Waals surface area (Å²) in [5.41, 5.74) is 0. The van der Waals surface area contributed by atoms with Gasteiger partial charge in [-0.1, -0.05) is 104 Å². The van der Waals surface area contributed by atoms with E-state index >= 15 is 35.1 Å². The highest BCUT2D eigenvalue weighted by Crippen LogP contribution is 2.67. The molecule has 0 nitrogen and oxygen atoms in total. The molecule has 0 heterocycles. The van der Waals surface area contributed by atoms with Crippen LogP contribution in [-0.2, 0) is 0 Å². The molecule has 0 aromatic rings. The van der Waals surface area contributed by atoms with Gasteiger partial charge in [-0.2, -0.15) is 149 Å². The molecule has 0 aliphatic heterocycles. The van der Waals surface area contributed by atoms with Gasteiger partial charge < -0.3 is 0 Å². The van der Waals surface area contributed by atoms with E-state index in [2.05, 4.69) is 0 Å². The zero-order chi connectivity index (χ0) is 57.9. The lowest BCUT2D eigenvalue weighted by Crippen LogP contribution is -2.74. The smallest absolute Gasteiger partial charge is 0.200 e. The molecule has 72 heavy (non-hydrogen) atoms. The first-order valence-corrected chi connectivity index (χ1v) is 21.0. The van der Waals surface area contributed by atoms with Crippen LogP contribution in [0.1, 0.15) is 129 Å². The molecule has 0 aromatic heterocycles. The average Bonchev–Trinajstić information content (AvgIpc) is 3.20. The Balaban J connectivity index is 8.00. The number of halogens is 34. The summed E-state index contributed by atoms with van der Waals surface area (Å²) in [6.45, 7) is 3.25. The van der Waals surface area contributed by atoms with Crippen molar-refractivity contribution in [2.45, 2.75) is 225 Å². The van der Waals surface area contributed by atoms with E-state index in [1.807, 2.05) is 0 Å². The fraction of sp³-hybridized carbons (Fsp3) is 1.00. The summed E-state index contributed by atoms with van der Waals surface area (Å²) in [5, 5.41) is 0. The molecule has 0 aliphatic carbocycles. The van der Waals surface area contributed by atoms with Gasteiger partial charge in [-0.15, -0.1) is 0 Å². The van der Waals surface area contributed by atoms with Crippen molar-refractivity contribution in [2.24, 2.45) is 11.8 Å². The SMILES string of the molecule is CCCCCCCCCC(CC(F)(F)C(F)(F)C(F)(F)C(F)(F)C(F)(F)C(F)(F)C(F)(F)C(F)(F)F)C(CCCCCCCCC)CC(F)(F)C(F)(F)C(F)(F)C(F)(F)C(F)(F)C(F)(F)C(F)(F)C(F)(F)F. The van der Waals surface area contributed by atoms with Crippen LogP contribution >= 0.6 is 0 Å². The lowest BCUT2D eigenvalue weighted by atomic mass is 9.74. The lowest BCUT2D eigenvalue weighted by Gasteiger charge is -2.44. The van der Waals surface area contributed by atoms with Crippen molar-refractivity contribution in [1.29, 1.82) is 0 Å². The second-order valence-electron chi connectivity index (χ2n) is 17.0. The zero-order valence-corrected chi connectivity index (χ0v) is 36.7. The first-order valence-electron chi connectivity index (χ1n) is 21.0. The number of alkyl halides is 34. The summed E-state index contributed by atoms with van der Waals surface area (Å²) in [7, 11) is 0. The number of hydrogen-bond acceptors (Lipinski definition) is 0. The molecule has 0 radical (unpaired) electrons. The molecule has 0 rings (SSSR count). The molecular formula is C38H44F34. The monoisotopic (exact) mass is 1150 g/mol. The topological polar surface area (TPSA) is 0 Å². The summed E-state index contributed by atoms with van der Waals surface area (Å²) in [4.78, 5) is 0. The molecule has 0 N–H and O–H groups in total. The number of unbranched alkanes of at least 4 members (excludes halogenated alkanes) is 12. The molecule has 0 spiro atoms. The Labute approximate surface area is 386 Å². The van der Waals surface area contributed by atoms with E-state index in [0.717, 1.165) is 0 Å². The van der Waals surface area contributed by atoms with Gasteiger partial charge in [-0.25, -0.2) is 0 Å². The molecule has 2 atom stereocenters. The molecule has 0 aromatic carbocycles. The quantitative estimate of drug-likeness (QED) is 0.0454. The van der Waals surface area contributed by atoms with Crippen LogP contribution in [0.3, 0.4) is 0 Å². The van der Waals surface area contributed by atoms with Crippen molar-refractivity contribution < 1.29 is 149 Å². The van der Waals surface area contributed by atoms with Gasteiger partial charge in [0.25, 0.3) is 0 Å². The Morgan fingerprint density at radius 2 is 0.375 bits per heavy atom. The Morgan fingerprint density at radius 1 is 0.208 bits per heavy atom. The molecule has 0 fully saturated rings. The number of hydrogen-bond donors (Lipinski definition) is 0. The molecule has 2 unspecified atom stereocenters. The molecular weight excluding hydrogens is 1100 g/mol. The van der Waals surface area contributed by atoms with Gasteiger partial charge in [-0.05, 0) is 24.7 Å². The highest BCUT2D eigenvalue weighted by Gasteiger charge is 2.97. The summed E-state index contributed by atoms with van der Waals surface area (Å²) in [6.07, 6.45) is -27.6. The van der Waals surface area contributed by atoms with E-state index < -0.39 is 158 Å². The highest BCUT2D eigenvalue weighted by molar-refractivity contribution is 5.17. The van der Waals surface area contributed by atoms with Gasteiger partial charge in [0, 0.05) is 12.8 Å². The normalized spacial score (nSPS) is 16.7. The van der Waals surface area contributed by atoms with Crippen LogP contribution in [0.4, 0.5) is 149 Å². The molecule has 34 heteroatoms. The molecule has 0 bridgehead atoms. The Kier molecular flexibility index (Phi) is 21.9. The average molecular weight is 1150 g/mol. The molecule has 0 amide bonds. The maximum atomic E-state index is 15.5. The Hall–Kier alpha value is -2.38. The minimum Gasteiger partial charge on any atom is -0.200 e. The van der Waals surface area contributed by atoms with Crippen LogP contribution in [0.5, 0.6) is 0 Å². The van der Waals surface area contributed by atoms with E-state index in [9.17, 15) is 114 Å². The predicted molar refractivity (Wildman–Crippen MR) is 183 cm³/mol. The third-order valence-corrected chi connectivity index (χ3v) is 11.6. The van der Waals surface area contributed by atoms with E-state index in [1.165, 1.54) is 0 Å². The van der Waals surface area contributed by atoms with E-state index in [0.29, 0.717) is 38.5 Å². The lowest BCUT2D eigenvalue weighted by molar-refractivity contribution is -0.462. The predicted octanol–water partition coefficient (Wildman–Crippen LogP) is 19.3. The van der Waals surface area contributed by atoms with Gasteiger partial charge >= 0.3 is 95.3 Å². The third-order valence-electron chi connectivity index (χ3n) is 11.6. The maximum absolute atomic E-state index is 15.5. The van der Waals surface area contributed by atoms with Gasteiger partial charge in [0.2, 0.25) is 0 Å². The summed E-state index contributed by atoms with van der Waals surface area (Å²) >= 11 is 0. The fourth-order valence-electron chi connectivity index (χ4n) is 7.04. The van der Waals surface area contributed by atoms with Crippen molar-refractivity contribution in [3.63, 3.8) is 0 Å². The summed E-state index contributed by atoms with van der Waals surface area (Å²) < 4.78 is 479. The third kappa shape index (κ3) is 12.4. The second-order valence-corrected chi connectivity index (χ2v) is 17.0. The van der Waals surface area contributed by atoms with Crippen LogP contribution in [0, 0.1) is 11.8 Å². The van der Waals surface area contributed by atoms with Gasteiger partial charge in [0.15, 0.2) is 0 Å². The van der Waals surface area contributed by atoms with Crippen molar-refractivity contribution >= 4 is 0 Å². The van der Waals surface area contributed by atoms with Crippen LogP contribution in [-0.4, -0.2) is 95.3 Å². The summed E-state index contributed by atoms with van der Waals surface area (Å²) in [6, 6.07) is 0. The van der Waals surface area contributed by atoms with Crippen molar-refractivity contribution in [2.75, 3.05) is 0 Å². The Bertz CT molecular complexity index is 1530. The standard InChI is InChI=1S/C38H44F34/c1-3-5-7-9-11-13-15-17-21(19-23(39,40)25(43,44)27(47,48)29(51,52)31(55,56)33(59,60)35(63,64)37(67,68)69)22(18-16-14-12-10-8-6-4-2)20-24(41,42)26(45,46)28(49,50)30(53,54)32(57,58)34(61,62)36(65,66)38(70,71)72/h21-22H,3-20H2,1-2H3. The molecule has 0 saturated carbocycles. The van der Waals surface area contributed by atoms with Gasteiger partial charge in [0.1, 0.15) is 0 Å². The van der Waals surface area contributed by atoms with Gasteiger partial charge in [-0.3, -0.25) is 0 Å². The zero-order valence-electron chi connectivity index (χ0n) is 36.7. The largest absolute Gasteiger partial charge is 0.460 e. The van der Waals surface area contributed by atoms with Crippen LogP contribution < -0.4 is 0 Å².